The van der Waals surface area contributed by atoms with Gasteiger partial charge in [-0.3, -0.25) is 0 Å². The van der Waals surface area contributed by atoms with E-state index in [1.807, 2.05) is 0 Å². The third-order valence-electron chi connectivity index (χ3n) is 4.23. The first-order valence-electron chi connectivity index (χ1n) is 6.31. The summed E-state index contributed by atoms with van der Waals surface area (Å²) in [5.41, 5.74) is 3.21. The van der Waals surface area contributed by atoms with Gasteiger partial charge in [-0.15, -0.1) is 0 Å². The van der Waals surface area contributed by atoms with E-state index in [1.54, 1.807) is 11.1 Å². The lowest BCUT2D eigenvalue weighted by Gasteiger charge is -2.35. The second-order valence-electron chi connectivity index (χ2n) is 5.05. The van der Waals surface area contributed by atoms with Crippen LogP contribution in [0.4, 0.5) is 0 Å². The van der Waals surface area contributed by atoms with E-state index in [-0.39, 0.29) is 0 Å². The van der Waals surface area contributed by atoms with Crippen LogP contribution < -0.4 is 0 Å². The van der Waals surface area contributed by atoms with Gasteiger partial charge in [0.1, 0.15) is 0 Å². The monoisotopic (exact) mass is 210 g/mol. The molecule has 2 aromatic rings. The van der Waals surface area contributed by atoms with Gasteiger partial charge in [0.25, 0.3) is 0 Å². The van der Waals surface area contributed by atoms with E-state index in [4.69, 9.17) is 0 Å². The molecule has 2 atom stereocenters. The lowest BCUT2D eigenvalue weighted by atomic mass is 9.69. The van der Waals surface area contributed by atoms with Crippen LogP contribution in [0.1, 0.15) is 37.3 Å². The van der Waals surface area contributed by atoms with Gasteiger partial charge in [0.05, 0.1) is 0 Å². The molecule has 2 aromatic carbocycles. The van der Waals surface area contributed by atoms with Crippen LogP contribution in [0, 0.1) is 5.92 Å². The van der Waals surface area contributed by atoms with E-state index in [0.717, 1.165) is 11.8 Å². The molecule has 0 heteroatoms. The summed E-state index contributed by atoms with van der Waals surface area (Å²) < 4.78 is 0. The highest BCUT2D eigenvalue weighted by Gasteiger charge is 2.30. The minimum atomic E-state index is 0.810. The van der Waals surface area contributed by atoms with Crippen LogP contribution in [0.5, 0.6) is 0 Å². The zero-order valence-corrected chi connectivity index (χ0v) is 10.0. The molecule has 0 radical (unpaired) electrons. The highest BCUT2D eigenvalue weighted by molar-refractivity contribution is 5.88. The standard InChI is InChI=1S/C16H18/c1-3-11(2)15-10-16-13-7-5-4-6-12(13)8-9-14(15)16/h4-9,11,15H,3,10H2,1-2H3. The van der Waals surface area contributed by atoms with Gasteiger partial charge in [-0.1, -0.05) is 56.7 Å². The summed E-state index contributed by atoms with van der Waals surface area (Å²) in [6.45, 7) is 4.67. The van der Waals surface area contributed by atoms with Gasteiger partial charge in [-0.2, -0.15) is 0 Å². The van der Waals surface area contributed by atoms with E-state index in [9.17, 15) is 0 Å². The van der Waals surface area contributed by atoms with Crippen LogP contribution in [0.2, 0.25) is 0 Å². The Hall–Kier alpha value is -1.30. The van der Waals surface area contributed by atoms with Crippen LogP contribution in [0.15, 0.2) is 36.4 Å². The summed E-state index contributed by atoms with van der Waals surface area (Å²) in [6, 6.07) is 13.4. The van der Waals surface area contributed by atoms with Crippen molar-refractivity contribution < 1.29 is 0 Å². The predicted molar refractivity (Wildman–Crippen MR) is 69.8 cm³/mol. The lowest BCUT2D eigenvalue weighted by molar-refractivity contribution is 0.409. The number of hydrogen-bond acceptors (Lipinski definition) is 0. The second kappa shape index (κ2) is 3.62. The maximum Gasteiger partial charge on any atom is -0.00926 e. The van der Waals surface area contributed by atoms with Crippen LogP contribution in [-0.4, -0.2) is 0 Å². The van der Waals surface area contributed by atoms with Crippen molar-refractivity contribution in [3.63, 3.8) is 0 Å². The van der Waals surface area contributed by atoms with Gasteiger partial charge in [0.2, 0.25) is 0 Å². The first-order chi connectivity index (χ1) is 7.81. The number of fused-ring (bicyclic) bond motifs is 3. The van der Waals surface area contributed by atoms with Crippen LogP contribution >= 0.6 is 0 Å². The largest absolute Gasteiger partial charge is 0.0651 e. The third kappa shape index (κ3) is 1.29. The lowest BCUT2D eigenvalue weighted by Crippen LogP contribution is -2.23. The first-order valence-corrected chi connectivity index (χ1v) is 6.31. The third-order valence-corrected chi connectivity index (χ3v) is 4.23. The van der Waals surface area contributed by atoms with Crippen molar-refractivity contribution in [2.45, 2.75) is 32.6 Å². The molecule has 2 unspecified atom stereocenters. The van der Waals surface area contributed by atoms with Gasteiger partial charge in [-0.05, 0) is 40.2 Å². The van der Waals surface area contributed by atoms with Crippen molar-refractivity contribution >= 4 is 10.8 Å². The van der Waals surface area contributed by atoms with Crippen molar-refractivity contribution in [2.24, 2.45) is 5.92 Å². The summed E-state index contributed by atoms with van der Waals surface area (Å²) in [6.07, 6.45) is 2.57. The highest BCUT2D eigenvalue weighted by atomic mass is 14.3. The fourth-order valence-electron chi connectivity index (χ4n) is 2.92. The molecular weight excluding hydrogens is 192 g/mol. The Morgan fingerprint density at radius 2 is 2.00 bits per heavy atom. The summed E-state index contributed by atoms with van der Waals surface area (Å²) >= 11 is 0. The van der Waals surface area contributed by atoms with Crippen molar-refractivity contribution in [1.29, 1.82) is 0 Å². The molecule has 1 aliphatic carbocycles. The number of hydrogen-bond donors (Lipinski definition) is 0. The Morgan fingerprint density at radius 1 is 1.19 bits per heavy atom. The smallest absolute Gasteiger partial charge is 0.00926 e. The minimum Gasteiger partial charge on any atom is -0.0651 e. The summed E-state index contributed by atoms with van der Waals surface area (Å²) in [4.78, 5) is 0. The van der Waals surface area contributed by atoms with E-state index in [2.05, 4.69) is 50.2 Å². The number of benzene rings is 2. The Morgan fingerprint density at radius 3 is 2.81 bits per heavy atom. The molecule has 1 aliphatic rings. The first kappa shape index (κ1) is 9.89. The Labute approximate surface area is 97.3 Å². The summed E-state index contributed by atoms with van der Waals surface area (Å²) in [5, 5.41) is 2.86. The molecular formula is C16H18. The van der Waals surface area contributed by atoms with Crippen LogP contribution in [-0.2, 0) is 6.42 Å². The average molecular weight is 210 g/mol. The zero-order valence-electron chi connectivity index (χ0n) is 10.0. The summed E-state index contributed by atoms with van der Waals surface area (Å²) in [7, 11) is 0. The number of rotatable bonds is 2. The highest BCUT2D eigenvalue weighted by Crippen LogP contribution is 2.44. The molecule has 16 heavy (non-hydrogen) atoms. The second-order valence-corrected chi connectivity index (χ2v) is 5.05. The molecule has 0 nitrogen and oxygen atoms in total. The van der Waals surface area contributed by atoms with Crippen molar-refractivity contribution in [2.75, 3.05) is 0 Å². The molecule has 0 saturated carbocycles. The summed E-state index contributed by atoms with van der Waals surface area (Å²) in [5.74, 6) is 1.64. The molecule has 82 valence electrons. The SMILES string of the molecule is CCC(C)C1Cc2c1ccc1ccccc21. The molecule has 0 saturated heterocycles. The van der Waals surface area contributed by atoms with Crippen LogP contribution in [0.25, 0.3) is 10.8 Å². The Balaban J connectivity index is 2.09. The van der Waals surface area contributed by atoms with Gasteiger partial charge in [-0.25, -0.2) is 0 Å². The van der Waals surface area contributed by atoms with E-state index in [1.165, 1.54) is 23.6 Å². The fourth-order valence-corrected chi connectivity index (χ4v) is 2.92. The fraction of sp³-hybridized carbons (Fsp3) is 0.375. The molecule has 0 bridgehead atoms. The molecule has 0 amide bonds. The zero-order chi connectivity index (χ0) is 11.1. The Kier molecular flexibility index (Phi) is 2.24. The van der Waals surface area contributed by atoms with Crippen LogP contribution in [0.3, 0.4) is 0 Å². The van der Waals surface area contributed by atoms with Gasteiger partial charge in [0, 0.05) is 0 Å². The molecule has 0 spiro atoms. The van der Waals surface area contributed by atoms with E-state index < -0.39 is 0 Å². The van der Waals surface area contributed by atoms with Gasteiger partial charge < -0.3 is 0 Å². The maximum atomic E-state index is 2.38. The molecule has 0 heterocycles. The van der Waals surface area contributed by atoms with Gasteiger partial charge >= 0.3 is 0 Å². The van der Waals surface area contributed by atoms with E-state index in [0.29, 0.717) is 0 Å². The maximum absolute atomic E-state index is 2.38. The topological polar surface area (TPSA) is 0 Å². The predicted octanol–water partition coefficient (Wildman–Crippen LogP) is 4.53. The van der Waals surface area contributed by atoms with Crippen molar-refractivity contribution in [3.8, 4) is 0 Å². The minimum absolute atomic E-state index is 0.810. The molecule has 0 fully saturated rings. The van der Waals surface area contributed by atoms with Crippen molar-refractivity contribution in [3.05, 3.63) is 47.5 Å². The molecule has 0 aliphatic heterocycles. The molecule has 0 aromatic heterocycles. The normalized spacial score (nSPS) is 20.2. The quantitative estimate of drug-likeness (QED) is 0.683. The Bertz CT molecular complexity index is 525. The molecule has 3 rings (SSSR count). The van der Waals surface area contributed by atoms with Gasteiger partial charge in [0.15, 0.2) is 0 Å². The average Bonchev–Trinajstić information content (AvgIpc) is 2.29. The van der Waals surface area contributed by atoms with E-state index >= 15 is 0 Å². The molecule has 0 N–H and O–H groups in total. The van der Waals surface area contributed by atoms with Crippen molar-refractivity contribution in [1.82, 2.24) is 0 Å².